The van der Waals surface area contributed by atoms with Gasteiger partial charge in [0.2, 0.25) is 5.72 Å². The maximum atomic E-state index is 13.3. The first-order valence-electron chi connectivity index (χ1n) is 7.68. The highest BCUT2D eigenvalue weighted by Gasteiger charge is 2.51. The molecule has 0 amide bonds. The molecule has 22 heavy (non-hydrogen) atoms. The molecule has 5 nitrogen and oxygen atoms in total. The number of nitrogens with zero attached hydrogens (tertiary/aromatic N) is 2. The average molecular weight is 301 g/mol. The maximum Gasteiger partial charge on any atom is 0.203 e. The number of hydrogen-bond acceptors (Lipinski definition) is 5. The quantitative estimate of drug-likeness (QED) is 0.878. The number of nitrogens with one attached hydrogen (secondary N) is 1. The second kappa shape index (κ2) is 4.30. The number of fused-ring (bicyclic) bond motifs is 3. The van der Waals surface area contributed by atoms with E-state index < -0.39 is 5.72 Å². The number of rotatable bonds is 1. The van der Waals surface area contributed by atoms with E-state index in [1.165, 1.54) is 12.1 Å². The summed E-state index contributed by atoms with van der Waals surface area (Å²) in [5.74, 6) is 1.37. The molecule has 1 aromatic carbocycles. The first-order chi connectivity index (χ1) is 10.7. The Balaban J connectivity index is 1.53. The fourth-order valence-electron chi connectivity index (χ4n) is 3.84. The molecule has 2 aromatic rings. The van der Waals surface area contributed by atoms with Gasteiger partial charge in [-0.25, -0.2) is 19.7 Å². The molecule has 4 aliphatic heterocycles. The molecule has 114 valence electrons. The van der Waals surface area contributed by atoms with Crippen molar-refractivity contribution < 1.29 is 13.6 Å². The topological polar surface area (TPSA) is 50.0 Å². The fourth-order valence-corrected chi connectivity index (χ4v) is 3.84. The van der Waals surface area contributed by atoms with E-state index in [9.17, 15) is 4.39 Å². The number of aliphatic imine (C=N–C) groups is 1. The molecular formula is C16H16FN3O2. The van der Waals surface area contributed by atoms with Gasteiger partial charge in [-0.1, -0.05) is 0 Å². The van der Waals surface area contributed by atoms with E-state index in [0.29, 0.717) is 23.1 Å². The Kier molecular flexibility index (Phi) is 2.46. The van der Waals surface area contributed by atoms with E-state index in [4.69, 9.17) is 14.2 Å². The Hall–Kier alpha value is -1.92. The maximum absolute atomic E-state index is 13.3. The third-order valence-corrected chi connectivity index (χ3v) is 5.01. The second-order valence-electron chi connectivity index (χ2n) is 6.35. The number of piperidine rings is 3. The summed E-state index contributed by atoms with van der Waals surface area (Å²) in [7, 11) is 0. The van der Waals surface area contributed by atoms with Crippen LogP contribution in [0.2, 0.25) is 0 Å². The number of benzene rings is 1. The van der Waals surface area contributed by atoms with E-state index in [1.54, 1.807) is 12.1 Å². The number of furan rings is 1. The molecule has 1 aromatic heterocycles. The van der Waals surface area contributed by atoms with Crippen molar-refractivity contribution in [3.8, 4) is 0 Å². The van der Waals surface area contributed by atoms with Gasteiger partial charge in [0.25, 0.3) is 0 Å². The molecule has 0 unspecified atom stereocenters. The molecule has 1 spiro atoms. The van der Waals surface area contributed by atoms with Gasteiger partial charge < -0.3 is 4.42 Å². The lowest BCUT2D eigenvalue weighted by Crippen LogP contribution is -2.58. The van der Waals surface area contributed by atoms with Crippen LogP contribution in [-0.2, 0) is 4.84 Å². The summed E-state index contributed by atoms with van der Waals surface area (Å²) in [5.41, 5.74) is 3.09. The summed E-state index contributed by atoms with van der Waals surface area (Å²) in [6, 6.07) is 6.29. The molecule has 3 saturated heterocycles. The predicted molar refractivity (Wildman–Crippen MR) is 78.8 cm³/mol. The molecule has 6 heteroatoms. The van der Waals surface area contributed by atoms with Gasteiger partial charge in [-0.15, -0.1) is 0 Å². The summed E-state index contributed by atoms with van der Waals surface area (Å²) >= 11 is 0. The first-order valence-corrected chi connectivity index (χ1v) is 7.68. The second-order valence-corrected chi connectivity index (χ2v) is 6.35. The van der Waals surface area contributed by atoms with E-state index in [-0.39, 0.29) is 5.82 Å². The lowest BCUT2D eigenvalue weighted by molar-refractivity contribution is -0.155. The summed E-state index contributed by atoms with van der Waals surface area (Å²) in [5, 5.41) is 0.731. The first kappa shape index (κ1) is 12.6. The minimum Gasteiger partial charge on any atom is -0.453 e. The van der Waals surface area contributed by atoms with Crippen molar-refractivity contribution in [1.82, 2.24) is 10.4 Å². The zero-order chi connectivity index (χ0) is 14.7. The van der Waals surface area contributed by atoms with Gasteiger partial charge in [0.15, 0.2) is 11.6 Å². The number of amidine groups is 1. The van der Waals surface area contributed by atoms with Crippen molar-refractivity contribution in [2.24, 2.45) is 10.9 Å². The number of halogens is 1. The summed E-state index contributed by atoms with van der Waals surface area (Å²) in [4.78, 5) is 13.1. The van der Waals surface area contributed by atoms with Crippen molar-refractivity contribution in [2.75, 3.05) is 19.6 Å². The molecule has 5 heterocycles. The van der Waals surface area contributed by atoms with E-state index >= 15 is 0 Å². The molecule has 0 saturated carbocycles. The lowest BCUT2D eigenvalue weighted by atomic mass is 9.81. The Morgan fingerprint density at radius 1 is 1.27 bits per heavy atom. The monoisotopic (exact) mass is 301 g/mol. The molecule has 0 aliphatic carbocycles. The molecule has 1 N–H and O–H groups in total. The average Bonchev–Trinajstić information content (AvgIpc) is 3.12. The van der Waals surface area contributed by atoms with Crippen LogP contribution in [-0.4, -0.2) is 36.1 Å². The van der Waals surface area contributed by atoms with Crippen LogP contribution in [0.4, 0.5) is 4.39 Å². The molecule has 2 bridgehead atoms. The highest BCUT2D eigenvalue weighted by Crippen LogP contribution is 2.41. The minimum atomic E-state index is -0.490. The third kappa shape index (κ3) is 1.74. The Bertz CT molecular complexity index is 779. The van der Waals surface area contributed by atoms with Crippen LogP contribution in [0.5, 0.6) is 0 Å². The Labute approximate surface area is 126 Å². The fraction of sp³-hybridized carbons (Fsp3) is 0.438. The van der Waals surface area contributed by atoms with Crippen LogP contribution in [0.3, 0.4) is 0 Å². The normalized spacial score (nSPS) is 33.4. The van der Waals surface area contributed by atoms with E-state index in [2.05, 4.69) is 10.4 Å². The van der Waals surface area contributed by atoms with Gasteiger partial charge in [-0.3, -0.25) is 4.90 Å². The van der Waals surface area contributed by atoms with Crippen LogP contribution in [0, 0.1) is 11.7 Å². The summed E-state index contributed by atoms with van der Waals surface area (Å²) in [6.45, 7) is 3.08. The Morgan fingerprint density at radius 3 is 2.91 bits per heavy atom. The van der Waals surface area contributed by atoms with E-state index in [1.807, 2.05) is 0 Å². The molecule has 0 radical (unpaired) electrons. The van der Waals surface area contributed by atoms with Gasteiger partial charge in [0.05, 0.1) is 6.54 Å². The van der Waals surface area contributed by atoms with Gasteiger partial charge in [0.1, 0.15) is 11.4 Å². The van der Waals surface area contributed by atoms with Crippen LogP contribution in [0.15, 0.2) is 33.7 Å². The van der Waals surface area contributed by atoms with Crippen molar-refractivity contribution in [1.29, 1.82) is 0 Å². The standard InChI is InChI=1S/C16H16FN3O2/c17-12-1-2-13-10(7-12)8-14(21-13)15-18-16(22-19-15)9-20-5-3-11(16)4-6-20/h1-2,7-8,11H,3-6,9H2,(H,18,19)/t16-/m0/s1. The SMILES string of the molecule is Fc1ccc2oc(C3=N[C@@]4(CN5CCC4CC5)ON3)cc2c1. The van der Waals surface area contributed by atoms with Crippen molar-refractivity contribution in [3.63, 3.8) is 0 Å². The molecule has 1 atom stereocenters. The summed E-state index contributed by atoms with van der Waals surface area (Å²) < 4.78 is 19.1. The van der Waals surface area contributed by atoms with Crippen LogP contribution in [0.25, 0.3) is 11.0 Å². The largest absolute Gasteiger partial charge is 0.453 e. The zero-order valence-electron chi connectivity index (χ0n) is 12.0. The Morgan fingerprint density at radius 2 is 2.14 bits per heavy atom. The van der Waals surface area contributed by atoms with Crippen molar-refractivity contribution in [2.45, 2.75) is 18.6 Å². The van der Waals surface area contributed by atoms with Crippen LogP contribution >= 0.6 is 0 Å². The smallest absolute Gasteiger partial charge is 0.203 e. The van der Waals surface area contributed by atoms with Crippen molar-refractivity contribution >= 4 is 16.8 Å². The van der Waals surface area contributed by atoms with Gasteiger partial charge >= 0.3 is 0 Å². The molecule has 3 fully saturated rings. The molecule has 6 rings (SSSR count). The van der Waals surface area contributed by atoms with Crippen LogP contribution < -0.4 is 5.48 Å². The van der Waals surface area contributed by atoms with Gasteiger partial charge in [-0.2, -0.15) is 0 Å². The molecular weight excluding hydrogens is 285 g/mol. The third-order valence-electron chi connectivity index (χ3n) is 5.01. The van der Waals surface area contributed by atoms with Crippen molar-refractivity contribution in [3.05, 3.63) is 35.8 Å². The molecule has 4 aliphatic rings. The highest BCUT2D eigenvalue weighted by atomic mass is 19.1. The van der Waals surface area contributed by atoms with Gasteiger partial charge in [-0.05, 0) is 50.2 Å². The van der Waals surface area contributed by atoms with Crippen LogP contribution in [0.1, 0.15) is 18.6 Å². The minimum absolute atomic E-state index is 0.272. The number of hydrogen-bond donors (Lipinski definition) is 1. The number of hydroxylamine groups is 1. The highest BCUT2D eigenvalue weighted by molar-refractivity contribution is 6.00. The van der Waals surface area contributed by atoms with Gasteiger partial charge in [0, 0.05) is 11.3 Å². The predicted octanol–water partition coefficient (Wildman–Crippen LogP) is 2.28. The zero-order valence-corrected chi connectivity index (χ0v) is 12.0. The summed E-state index contributed by atoms with van der Waals surface area (Å²) in [6.07, 6.45) is 2.23. The lowest BCUT2D eigenvalue weighted by Gasteiger charge is -2.47. The van der Waals surface area contributed by atoms with E-state index in [0.717, 1.165) is 37.9 Å².